The van der Waals surface area contributed by atoms with Gasteiger partial charge in [0.05, 0.1) is 13.7 Å². The Morgan fingerprint density at radius 3 is 2.63 bits per heavy atom. The molecule has 19 heavy (non-hydrogen) atoms. The lowest BCUT2D eigenvalue weighted by molar-refractivity contribution is 0.410. The molecular formula is C13H13FN2O3. The number of nitrogens with zero attached hydrogens (tertiary/aromatic N) is 2. The predicted molar refractivity (Wildman–Crippen MR) is 68.0 cm³/mol. The summed E-state index contributed by atoms with van der Waals surface area (Å²) in [7, 11) is 2.97. The summed E-state index contributed by atoms with van der Waals surface area (Å²) in [6, 6.07) is 5.56. The van der Waals surface area contributed by atoms with Gasteiger partial charge in [-0.05, 0) is 6.07 Å². The van der Waals surface area contributed by atoms with Gasteiger partial charge in [0, 0.05) is 30.9 Å². The van der Waals surface area contributed by atoms with E-state index in [-0.39, 0.29) is 12.1 Å². The third-order valence-electron chi connectivity index (χ3n) is 2.83. The van der Waals surface area contributed by atoms with Crippen LogP contribution in [0.1, 0.15) is 5.56 Å². The van der Waals surface area contributed by atoms with E-state index in [1.165, 1.54) is 43.1 Å². The van der Waals surface area contributed by atoms with Crippen LogP contribution in [-0.4, -0.2) is 16.2 Å². The van der Waals surface area contributed by atoms with Crippen molar-refractivity contribution < 1.29 is 9.13 Å². The van der Waals surface area contributed by atoms with Crippen molar-refractivity contribution in [1.29, 1.82) is 0 Å². The summed E-state index contributed by atoms with van der Waals surface area (Å²) in [5.41, 5.74) is -0.688. The van der Waals surface area contributed by atoms with Crippen molar-refractivity contribution in [3.05, 3.63) is 62.7 Å². The number of benzene rings is 1. The summed E-state index contributed by atoms with van der Waals surface area (Å²) in [4.78, 5) is 23.4. The van der Waals surface area contributed by atoms with Crippen molar-refractivity contribution >= 4 is 0 Å². The molecule has 1 heterocycles. The minimum atomic E-state index is -0.517. The molecule has 0 unspecified atom stereocenters. The second kappa shape index (κ2) is 5.09. The highest BCUT2D eigenvalue weighted by Crippen LogP contribution is 2.16. The number of aromatic nitrogens is 2. The van der Waals surface area contributed by atoms with Gasteiger partial charge in [-0.15, -0.1) is 0 Å². The second-order valence-corrected chi connectivity index (χ2v) is 4.09. The zero-order chi connectivity index (χ0) is 14.0. The van der Waals surface area contributed by atoms with Crippen LogP contribution in [0.15, 0.2) is 40.1 Å². The smallest absolute Gasteiger partial charge is 0.331 e. The van der Waals surface area contributed by atoms with E-state index in [0.29, 0.717) is 5.75 Å². The molecule has 0 amide bonds. The van der Waals surface area contributed by atoms with Crippen LogP contribution in [0.2, 0.25) is 0 Å². The lowest BCUT2D eigenvalue weighted by Gasteiger charge is -2.08. The summed E-state index contributed by atoms with van der Waals surface area (Å²) in [6.45, 7) is -0.109. The van der Waals surface area contributed by atoms with Crippen molar-refractivity contribution in [2.75, 3.05) is 7.11 Å². The number of methoxy groups -OCH3 is 1. The molecule has 0 atom stereocenters. The largest absolute Gasteiger partial charge is 0.497 e. The molecule has 0 bridgehead atoms. The minimum absolute atomic E-state index is 0.109. The summed E-state index contributed by atoms with van der Waals surface area (Å²) < 4.78 is 20.9. The van der Waals surface area contributed by atoms with Crippen LogP contribution in [0, 0.1) is 5.82 Å². The van der Waals surface area contributed by atoms with Crippen LogP contribution < -0.4 is 16.0 Å². The zero-order valence-corrected chi connectivity index (χ0v) is 10.6. The fraction of sp³-hybridized carbons (Fsp3) is 0.231. The second-order valence-electron chi connectivity index (χ2n) is 4.09. The molecule has 0 fully saturated rings. The third kappa shape index (κ3) is 2.57. The molecule has 0 aliphatic carbocycles. The first-order valence-electron chi connectivity index (χ1n) is 5.62. The van der Waals surface area contributed by atoms with Gasteiger partial charge < -0.3 is 9.30 Å². The Morgan fingerprint density at radius 2 is 2.00 bits per heavy atom. The predicted octanol–water partition coefficient (Wildman–Crippen LogP) is 0.743. The zero-order valence-electron chi connectivity index (χ0n) is 10.6. The maximum Gasteiger partial charge on any atom is 0.331 e. The Labute approximate surface area is 108 Å². The fourth-order valence-corrected chi connectivity index (χ4v) is 1.71. The van der Waals surface area contributed by atoms with Crippen molar-refractivity contribution in [2.45, 2.75) is 6.54 Å². The maximum absolute atomic E-state index is 13.8. The SMILES string of the molecule is COc1ccc(Cn2c(=O)ccn(C)c2=O)c(F)c1. The molecule has 6 heteroatoms. The van der Waals surface area contributed by atoms with Gasteiger partial charge in [-0.3, -0.25) is 9.36 Å². The number of halogens is 1. The Balaban J connectivity index is 2.45. The minimum Gasteiger partial charge on any atom is -0.497 e. The van der Waals surface area contributed by atoms with Crippen LogP contribution >= 0.6 is 0 Å². The van der Waals surface area contributed by atoms with Gasteiger partial charge in [0.15, 0.2) is 0 Å². The van der Waals surface area contributed by atoms with E-state index in [4.69, 9.17) is 4.74 Å². The highest BCUT2D eigenvalue weighted by molar-refractivity contribution is 5.29. The summed E-state index contributed by atoms with van der Waals surface area (Å²) >= 11 is 0. The molecule has 0 radical (unpaired) electrons. The lowest BCUT2D eigenvalue weighted by atomic mass is 10.2. The van der Waals surface area contributed by atoms with Gasteiger partial charge in [0.2, 0.25) is 0 Å². The van der Waals surface area contributed by atoms with E-state index in [0.717, 1.165) is 4.57 Å². The number of aryl methyl sites for hydroxylation is 1. The van der Waals surface area contributed by atoms with Crippen molar-refractivity contribution in [3.63, 3.8) is 0 Å². The van der Waals surface area contributed by atoms with Crippen molar-refractivity contribution in [2.24, 2.45) is 7.05 Å². The van der Waals surface area contributed by atoms with Crippen molar-refractivity contribution in [1.82, 2.24) is 9.13 Å². The normalized spacial score (nSPS) is 10.5. The van der Waals surface area contributed by atoms with E-state index in [2.05, 4.69) is 0 Å². The first kappa shape index (κ1) is 13.1. The quantitative estimate of drug-likeness (QED) is 0.821. The van der Waals surface area contributed by atoms with Crippen LogP contribution in [0.25, 0.3) is 0 Å². The molecule has 5 nitrogen and oxygen atoms in total. The lowest BCUT2D eigenvalue weighted by Crippen LogP contribution is -2.38. The molecule has 2 aromatic rings. The first-order chi connectivity index (χ1) is 9.02. The Kier molecular flexibility index (Phi) is 3.50. The molecule has 0 saturated heterocycles. The Hall–Kier alpha value is -2.37. The van der Waals surface area contributed by atoms with Gasteiger partial charge >= 0.3 is 5.69 Å². The number of hydrogen-bond acceptors (Lipinski definition) is 3. The van der Waals surface area contributed by atoms with Gasteiger partial charge in [0.25, 0.3) is 5.56 Å². The van der Waals surface area contributed by atoms with Gasteiger partial charge in [-0.25, -0.2) is 9.18 Å². The van der Waals surface area contributed by atoms with Crippen LogP contribution in [-0.2, 0) is 13.6 Å². The molecule has 0 aliphatic heterocycles. The number of hydrogen-bond donors (Lipinski definition) is 0. The third-order valence-corrected chi connectivity index (χ3v) is 2.83. The molecular weight excluding hydrogens is 251 g/mol. The van der Waals surface area contributed by atoms with Crippen LogP contribution in [0.4, 0.5) is 4.39 Å². The monoisotopic (exact) mass is 264 g/mol. The molecule has 0 saturated carbocycles. The maximum atomic E-state index is 13.8. The standard InChI is InChI=1S/C13H13FN2O3/c1-15-6-5-12(17)16(13(15)18)8-9-3-4-10(19-2)7-11(9)14/h3-7H,8H2,1-2H3. The van der Waals surface area contributed by atoms with E-state index in [9.17, 15) is 14.0 Å². The highest BCUT2D eigenvalue weighted by atomic mass is 19.1. The number of rotatable bonds is 3. The Morgan fingerprint density at radius 1 is 1.26 bits per heavy atom. The van der Waals surface area contributed by atoms with E-state index >= 15 is 0 Å². The average Bonchev–Trinajstić information content (AvgIpc) is 2.40. The summed E-state index contributed by atoms with van der Waals surface area (Å²) in [6.07, 6.45) is 1.38. The van der Waals surface area contributed by atoms with E-state index in [1.54, 1.807) is 6.07 Å². The van der Waals surface area contributed by atoms with Crippen LogP contribution in [0.3, 0.4) is 0 Å². The first-order valence-corrected chi connectivity index (χ1v) is 5.62. The molecule has 2 rings (SSSR count). The Bertz CT molecular complexity index is 719. The molecule has 1 aromatic heterocycles. The fourth-order valence-electron chi connectivity index (χ4n) is 1.71. The number of ether oxygens (including phenoxy) is 1. The molecule has 0 aliphatic rings. The van der Waals surface area contributed by atoms with E-state index < -0.39 is 17.1 Å². The average molecular weight is 264 g/mol. The van der Waals surface area contributed by atoms with Gasteiger partial charge in [-0.2, -0.15) is 0 Å². The summed E-state index contributed by atoms with van der Waals surface area (Å²) in [5.74, 6) is -0.133. The van der Waals surface area contributed by atoms with E-state index in [1.807, 2.05) is 0 Å². The van der Waals surface area contributed by atoms with Gasteiger partial charge in [-0.1, -0.05) is 6.07 Å². The van der Waals surface area contributed by atoms with Gasteiger partial charge in [0.1, 0.15) is 11.6 Å². The molecule has 1 aromatic carbocycles. The van der Waals surface area contributed by atoms with Crippen LogP contribution in [0.5, 0.6) is 5.75 Å². The molecule has 0 N–H and O–H groups in total. The van der Waals surface area contributed by atoms with Crippen molar-refractivity contribution in [3.8, 4) is 5.75 Å². The molecule has 0 spiro atoms. The molecule has 100 valence electrons. The highest BCUT2D eigenvalue weighted by Gasteiger charge is 2.08. The topological polar surface area (TPSA) is 53.2 Å². The summed E-state index contributed by atoms with van der Waals surface area (Å²) in [5, 5.41) is 0.